The van der Waals surface area contributed by atoms with E-state index in [9.17, 15) is 24.3 Å². The minimum atomic E-state index is -1.27. The molecule has 0 unspecified atom stereocenters. The van der Waals surface area contributed by atoms with Crippen molar-refractivity contribution in [2.24, 2.45) is 5.92 Å². The minimum absolute atomic E-state index is 0.0372. The Balaban J connectivity index is 2.65. The normalized spacial score (nSPS) is 12.8. The van der Waals surface area contributed by atoms with Crippen LogP contribution in [0.4, 0.5) is 4.79 Å². The smallest absolute Gasteiger partial charge is 0.408 e. The number of rotatable bonds is 11. The lowest BCUT2D eigenvalue weighted by molar-refractivity contribution is -0.142. The van der Waals surface area contributed by atoms with E-state index in [1.807, 2.05) is 18.2 Å². The van der Waals surface area contributed by atoms with Gasteiger partial charge in [0.2, 0.25) is 5.91 Å². The first-order chi connectivity index (χ1) is 14.2. The van der Waals surface area contributed by atoms with Crippen LogP contribution >= 0.6 is 0 Å². The largest absolute Gasteiger partial charge is 0.480 e. The molecule has 0 spiro atoms. The van der Waals surface area contributed by atoms with Gasteiger partial charge in [-0.2, -0.15) is 0 Å². The Hall–Kier alpha value is -3.36. The lowest BCUT2D eigenvalue weighted by Gasteiger charge is -2.23. The molecule has 0 aliphatic carbocycles. The van der Waals surface area contributed by atoms with Crippen LogP contribution < -0.4 is 10.6 Å². The molecule has 0 aromatic heterocycles. The van der Waals surface area contributed by atoms with Gasteiger partial charge in [0.25, 0.3) is 0 Å². The van der Waals surface area contributed by atoms with Gasteiger partial charge in [0.05, 0.1) is 6.61 Å². The molecule has 0 fully saturated rings. The van der Waals surface area contributed by atoms with Crippen LogP contribution in [-0.4, -0.2) is 47.7 Å². The highest BCUT2D eigenvalue weighted by Gasteiger charge is 2.28. The summed E-state index contributed by atoms with van der Waals surface area (Å²) in [6.07, 6.45) is 1.50. The van der Waals surface area contributed by atoms with Crippen molar-refractivity contribution in [3.63, 3.8) is 0 Å². The van der Waals surface area contributed by atoms with E-state index in [-0.39, 0.29) is 25.6 Å². The molecular formula is C21H28N2O7. The van der Waals surface area contributed by atoms with Crippen LogP contribution in [0.2, 0.25) is 0 Å². The molecule has 30 heavy (non-hydrogen) atoms. The van der Waals surface area contributed by atoms with Crippen LogP contribution in [0, 0.1) is 5.92 Å². The number of carbonyl (C=O) groups excluding carboxylic acids is 3. The van der Waals surface area contributed by atoms with E-state index in [0.717, 1.165) is 11.6 Å². The molecule has 0 saturated carbocycles. The lowest BCUT2D eigenvalue weighted by Crippen LogP contribution is -2.53. The van der Waals surface area contributed by atoms with Crippen molar-refractivity contribution in [3.05, 3.63) is 48.0 Å². The molecular weight excluding hydrogens is 392 g/mol. The van der Waals surface area contributed by atoms with Crippen molar-refractivity contribution in [1.29, 1.82) is 0 Å². The maximum Gasteiger partial charge on any atom is 0.408 e. The highest BCUT2D eigenvalue weighted by Crippen LogP contribution is 2.06. The Kier molecular flexibility index (Phi) is 10.7. The molecule has 0 radical (unpaired) electrons. The number of hydrogen-bond donors (Lipinski definition) is 3. The van der Waals surface area contributed by atoms with Crippen LogP contribution in [0.1, 0.15) is 32.8 Å². The van der Waals surface area contributed by atoms with Crippen LogP contribution in [0.5, 0.6) is 0 Å². The summed E-state index contributed by atoms with van der Waals surface area (Å²) in [7, 11) is 0. The first-order valence-electron chi connectivity index (χ1n) is 9.58. The maximum absolute atomic E-state index is 12.5. The number of alkyl carbamates (subject to hydrolysis) is 1. The second-order valence-corrected chi connectivity index (χ2v) is 6.72. The van der Waals surface area contributed by atoms with Crippen molar-refractivity contribution in [3.8, 4) is 0 Å². The van der Waals surface area contributed by atoms with Gasteiger partial charge in [0.1, 0.15) is 18.7 Å². The molecule has 2 atom stereocenters. The Morgan fingerprint density at radius 1 is 1.07 bits per heavy atom. The monoisotopic (exact) mass is 420 g/mol. The van der Waals surface area contributed by atoms with Crippen molar-refractivity contribution < 1.29 is 33.8 Å². The molecule has 3 N–H and O–H groups in total. The van der Waals surface area contributed by atoms with Crippen LogP contribution in [0.3, 0.4) is 0 Å². The van der Waals surface area contributed by atoms with E-state index in [1.54, 1.807) is 32.9 Å². The van der Waals surface area contributed by atoms with Crippen molar-refractivity contribution in [2.75, 3.05) is 6.61 Å². The fourth-order valence-electron chi connectivity index (χ4n) is 2.40. The van der Waals surface area contributed by atoms with Gasteiger partial charge in [-0.3, -0.25) is 4.79 Å². The fraction of sp³-hybridized carbons (Fsp3) is 0.429. The van der Waals surface area contributed by atoms with Crippen LogP contribution in [0.15, 0.2) is 42.5 Å². The van der Waals surface area contributed by atoms with E-state index in [2.05, 4.69) is 10.6 Å². The second kappa shape index (κ2) is 13.0. The molecule has 1 aromatic carbocycles. The molecule has 9 heteroatoms. The fourth-order valence-corrected chi connectivity index (χ4v) is 2.40. The predicted molar refractivity (Wildman–Crippen MR) is 108 cm³/mol. The number of carbonyl (C=O) groups is 4. The molecule has 0 aliphatic rings. The summed E-state index contributed by atoms with van der Waals surface area (Å²) >= 11 is 0. The number of amides is 2. The summed E-state index contributed by atoms with van der Waals surface area (Å²) in [5, 5.41) is 14.2. The molecule has 0 heterocycles. The molecule has 164 valence electrons. The summed E-state index contributed by atoms with van der Waals surface area (Å²) in [5.41, 5.74) is 0.789. The number of ether oxygens (including phenoxy) is 2. The molecule has 0 saturated heterocycles. The Bertz CT molecular complexity index is 747. The summed E-state index contributed by atoms with van der Waals surface area (Å²) in [6.45, 7) is 5.30. The second-order valence-electron chi connectivity index (χ2n) is 6.72. The third kappa shape index (κ3) is 9.22. The zero-order valence-corrected chi connectivity index (χ0v) is 17.3. The SMILES string of the molecule is CCOC(=O)/C=C/C[C@@H](NC(=O)[C@@H](NC(=O)OCc1ccccc1)C(C)C)C(=O)O. The van der Waals surface area contributed by atoms with E-state index in [1.165, 1.54) is 6.08 Å². The number of nitrogens with one attached hydrogen (secondary N) is 2. The van der Waals surface area contributed by atoms with Crippen molar-refractivity contribution >= 4 is 23.9 Å². The van der Waals surface area contributed by atoms with Gasteiger partial charge < -0.3 is 25.2 Å². The summed E-state index contributed by atoms with van der Waals surface area (Å²) < 4.78 is 9.83. The van der Waals surface area contributed by atoms with Gasteiger partial charge in [0, 0.05) is 6.08 Å². The highest BCUT2D eigenvalue weighted by molar-refractivity contribution is 5.89. The van der Waals surface area contributed by atoms with Crippen LogP contribution in [0.25, 0.3) is 0 Å². The molecule has 1 aromatic rings. The predicted octanol–water partition coefficient (Wildman–Crippen LogP) is 2.02. The average Bonchev–Trinajstić information content (AvgIpc) is 2.70. The molecule has 2 amide bonds. The number of esters is 1. The van der Waals surface area contributed by atoms with Gasteiger partial charge in [-0.05, 0) is 24.8 Å². The van der Waals surface area contributed by atoms with Crippen molar-refractivity contribution in [1.82, 2.24) is 10.6 Å². The van der Waals surface area contributed by atoms with E-state index in [0.29, 0.717) is 0 Å². The van der Waals surface area contributed by atoms with Crippen LogP contribution in [-0.2, 0) is 30.5 Å². The van der Waals surface area contributed by atoms with Gasteiger partial charge in [-0.25, -0.2) is 14.4 Å². The number of carboxylic acid groups (broad SMARTS) is 1. The van der Waals surface area contributed by atoms with Gasteiger partial charge >= 0.3 is 18.0 Å². The lowest BCUT2D eigenvalue weighted by atomic mass is 10.0. The topological polar surface area (TPSA) is 131 Å². The summed E-state index contributed by atoms with van der Waals surface area (Å²) in [4.78, 5) is 47.3. The standard InChI is InChI=1S/C21H28N2O7/c1-4-29-17(24)12-8-11-16(20(26)27)22-19(25)18(14(2)3)23-21(28)30-13-15-9-6-5-7-10-15/h5-10,12,14,16,18H,4,11,13H2,1-3H3,(H,22,25)(H,23,28)(H,26,27)/b12-8+/t16-,18+/m1/s1. The number of benzene rings is 1. The number of carboxylic acids is 1. The van der Waals surface area contributed by atoms with E-state index >= 15 is 0 Å². The van der Waals surface area contributed by atoms with Crippen molar-refractivity contribution in [2.45, 2.75) is 45.9 Å². The molecule has 9 nitrogen and oxygen atoms in total. The number of aliphatic carboxylic acids is 1. The third-order valence-electron chi connectivity index (χ3n) is 3.96. The Morgan fingerprint density at radius 2 is 1.73 bits per heavy atom. The first kappa shape index (κ1) is 24.7. The van der Waals surface area contributed by atoms with E-state index < -0.39 is 36.0 Å². The number of hydrogen-bond acceptors (Lipinski definition) is 6. The molecule has 0 aliphatic heterocycles. The molecule has 0 bridgehead atoms. The highest BCUT2D eigenvalue weighted by atomic mass is 16.5. The Labute approximate surface area is 175 Å². The Morgan fingerprint density at radius 3 is 2.30 bits per heavy atom. The van der Waals surface area contributed by atoms with Gasteiger partial charge in [0.15, 0.2) is 0 Å². The maximum atomic E-state index is 12.5. The van der Waals surface area contributed by atoms with E-state index in [4.69, 9.17) is 9.47 Å². The zero-order chi connectivity index (χ0) is 22.5. The molecule has 1 rings (SSSR count). The summed E-state index contributed by atoms with van der Waals surface area (Å²) in [5.74, 6) is -2.86. The minimum Gasteiger partial charge on any atom is -0.480 e. The first-order valence-corrected chi connectivity index (χ1v) is 9.58. The quantitative estimate of drug-likeness (QED) is 0.369. The van der Waals surface area contributed by atoms with Gasteiger partial charge in [-0.1, -0.05) is 50.3 Å². The van der Waals surface area contributed by atoms with Gasteiger partial charge in [-0.15, -0.1) is 0 Å². The third-order valence-corrected chi connectivity index (χ3v) is 3.96. The zero-order valence-electron chi connectivity index (χ0n) is 17.3. The summed E-state index contributed by atoms with van der Waals surface area (Å²) in [6, 6.07) is 6.77. The average molecular weight is 420 g/mol.